The van der Waals surface area contributed by atoms with Gasteiger partial charge in [-0.15, -0.1) is 0 Å². The van der Waals surface area contributed by atoms with E-state index >= 15 is 0 Å². The number of ether oxygens (including phenoxy) is 4. The first-order valence-corrected chi connectivity index (χ1v) is 18.0. The van der Waals surface area contributed by atoms with Crippen molar-refractivity contribution in [3.63, 3.8) is 0 Å². The molecule has 2 aromatic heterocycles. The highest BCUT2D eigenvalue weighted by atomic mass is 16.6. The van der Waals surface area contributed by atoms with E-state index in [-0.39, 0.29) is 46.6 Å². The van der Waals surface area contributed by atoms with Gasteiger partial charge in [0.05, 0.1) is 61.5 Å². The van der Waals surface area contributed by atoms with Gasteiger partial charge >= 0.3 is 23.9 Å². The van der Waals surface area contributed by atoms with Gasteiger partial charge in [-0.2, -0.15) is 0 Å². The number of rotatable bonds is 8. The van der Waals surface area contributed by atoms with E-state index < -0.39 is 84.0 Å². The summed E-state index contributed by atoms with van der Waals surface area (Å²) in [6.07, 6.45) is -1.79. The van der Waals surface area contributed by atoms with E-state index in [0.717, 1.165) is 0 Å². The summed E-state index contributed by atoms with van der Waals surface area (Å²) in [6.45, 7) is 23.3. The second-order valence-corrected chi connectivity index (χ2v) is 15.0. The maximum absolute atomic E-state index is 13.9. The van der Waals surface area contributed by atoms with Crippen LogP contribution in [-0.4, -0.2) is 84.8 Å². The molecule has 292 valence electrons. The molecular formula is C42H47NO12. The minimum absolute atomic E-state index is 0.0271. The van der Waals surface area contributed by atoms with Crippen LogP contribution in [0.25, 0.3) is 0 Å². The highest BCUT2D eigenvalue weighted by Gasteiger charge is 2.49. The van der Waals surface area contributed by atoms with Crippen LogP contribution in [0.2, 0.25) is 0 Å². The third kappa shape index (κ3) is 7.07. The van der Waals surface area contributed by atoms with Gasteiger partial charge in [0.15, 0.2) is 0 Å². The summed E-state index contributed by atoms with van der Waals surface area (Å²) in [5.74, 6) is -4.91. The molecular weight excluding hydrogens is 710 g/mol. The summed E-state index contributed by atoms with van der Waals surface area (Å²) < 4.78 is 34.5. The molecule has 0 saturated carbocycles. The molecule has 0 spiro atoms. The van der Waals surface area contributed by atoms with Crippen molar-refractivity contribution < 1.29 is 57.2 Å². The highest BCUT2D eigenvalue weighted by molar-refractivity contribution is 5.95. The molecule has 0 aromatic carbocycles. The number of furan rings is 2. The zero-order valence-corrected chi connectivity index (χ0v) is 31.8. The van der Waals surface area contributed by atoms with Crippen LogP contribution in [0.4, 0.5) is 0 Å². The van der Waals surface area contributed by atoms with Crippen molar-refractivity contribution in [2.24, 2.45) is 11.8 Å². The molecule has 13 heteroatoms. The van der Waals surface area contributed by atoms with Crippen LogP contribution < -0.4 is 5.32 Å². The summed E-state index contributed by atoms with van der Waals surface area (Å²) in [5, 5.41) is 28.1. The number of hydrogen-bond donors (Lipinski definition) is 3. The Morgan fingerprint density at radius 1 is 0.673 bits per heavy atom. The predicted molar refractivity (Wildman–Crippen MR) is 198 cm³/mol. The van der Waals surface area contributed by atoms with E-state index in [9.17, 15) is 29.4 Å². The topological polar surface area (TPSA) is 184 Å². The lowest BCUT2D eigenvalue weighted by Gasteiger charge is -2.37. The number of carbonyl (C=O) groups is 4. The van der Waals surface area contributed by atoms with Gasteiger partial charge in [0.1, 0.15) is 46.4 Å². The maximum Gasteiger partial charge on any atom is 0.341 e. The summed E-state index contributed by atoms with van der Waals surface area (Å²) in [5.41, 5.74) is 2.46. The fourth-order valence-corrected chi connectivity index (χ4v) is 8.15. The Labute approximate surface area is 319 Å². The smallest absolute Gasteiger partial charge is 0.341 e. The van der Waals surface area contributed by atoms with Crippen molar-refractivity contribution in [1.29, 1.82) is 0 Å². The molecule has 6 heterocycles. The summed E-state index contributed by atoms with van der Waals surface area (Å²) in [4.78, 5) is 53.8. The molecule has 10 atom stereocenters. The fourth-order valence-electron chi connectivity index (χ4n) is 8.15. The maximum atomic E-state index is 13.9. The lowest BCUT2D eigenvalue weighted by Crippen LogP contribution is -2.56. The van der Waals surface area contributed by atoms with Gasteiger partial charge in [0.25, 0.3) is 0 Å². The summed E-state index contributed by atoms with van der Waals surface area (Å²) >= 11 is 0. The average molecular weight is 758 g/mol. The molecule has 0 radical (unpaired) electrons. The Bertz CT molecular complexity index is 1920. The van der Waals surface area contributed by atoms with E-state index in [2.05, 4.69) is 31.6 Å². The fraction of sp³-hybridized carbons (Fsp3) is 0.429. The van der Waals surface area contributed by atoms with Crippen LogP contribution in [-0.2, 0) is 41.4 Å². The van der Waals surface area contributed by atoms with Crippen LogP contribution in [0.15, 0.2) is 92.9 Å². The highest BCUT2D eigenvalue weighted by Crippen LogP contribution is 2.42. The molecule has 55 heavy (non-hydrogen) atoms. The van der Waals surface area contributed by atoms with Crippen molar-refractivity contribution in [3.05, 3.63) is 118 Å². The first-order chi connectivity index (χ1) is 26.0. The lowest BCUT2D eigenvalue weighted by atomic mass is 9.80. The Balaban J connectivity index is 1.53. The molecule has 3 N–H and O–H groups in total. The zero-order valence-electron chi connectivity index (χ0n) is 31.8. The monoisotopic (exact) mass is 757 g/mol. The number of aliphatic hydroxyl groups excluding tert-OH is 2. The lowest BCUT2D eigenvalue weighted by molar-refractivity contribution is -0.141. The minimum atomic E-state index is -1.47. The third-order valence-corrected chi connectivity index (χ3v) is 11.1. The minimum Gasteiger partial charge on any atom is -0.465 e. The van der Waals surface area contributed by atoms with E-state index in [0.29, 0.717) is 33.8 Å². The quantitative estimate of drug-likeness (QED) is 0.191. The van der Waals surface area contributed by atoms with Gasteiger partial charge in [-0.25, -0.2) is 19.2 Å². The molecule has 0 amide bonds. The van der Waals surface area contributed by atoms with E-state index in [1.54, 1.807) is 39.8 Å². The first kappa shape index (κ1) is 39.5. The second-order valence-electron chi connectivity index (χ2n) is 15.0. The van der Waals surface area contributed by atoms with Gasteiger partial charge < -0.3 is 38.0 Å². The van der Waals surface area contributed by atoms with Crippen molar-refractivity contribution in [2.45, 2.75) is 88.9 Å². The van der Waals surface area contributed by atoms with Crippen molar-refractivity contribution in [2.75, 3.05) is 14.2 Å². The number of nitrogens with one attached hydrogen (secondary N) is 1. The van der Waals surface area contributed by atoms with Gasteiger partial charge in [-0.1, -0.05) is 48.6 Å². The number of aliphatic hydroxyl groups is 2. The molecule has 0 aliphatic carbocycles. The first-order valence-electron chi connectivity index (χ1n) is 18.0. The number of esters is 4. The molecule has 0 unspecified atom stereocenters. The number of methoxy groups -OCH3 is 2. The van der Waals surface area contributed by atoms with Crippen LogP contribution in [0, 0.1) is 11.8 Å². The predicted octanol–water partition coefficient (Wildman–Crippen LogP) is 4.71. The van der Waals surface area contributed by atoms with Crippen molar-refractivity contribution in [3.8, 4) is 0 Å². The molecule has 6 rings (SSSR count). The van der Waals surface area contributed by atoms with Crippen molar-refractivity contribution in [1.82, 2.24) is 5.32 Å². The van der Waals surface area contributed by atoms with Crippen LogP contribution >= 0.6 is 0 Å². The summed E-state index contributed by atoms with van der Waals surface area (Å²) in [7, 11) is 2.49. The SMILES string of the molecule is C=C(C)[C@H]1Cc2oc(cc2C(=O)OC)[C@H](C(=C)C)[C@H]2C=C(C(=O)O2)[C@H](N[C@H]2C3=C[C@@H](OC3=O)[C@@H](C(=C)C)c3cc(C(=O)OC)c(o3)C[C@H](C(=C)C)[C@H]2O)[C@@H]1O. The van der Waals surface area contributed by atoms with E-state index in [1.165, 1.54) is 26.4 Å². The van der Waals surface area contributed by atoms with Gasteiger partial charge in [0, 0.05) is 24.7 Å². The molecule has 4 aliphatic heterocycles. The third-order valence-electron chi connectivity index (χ3n) is 11.1. The van der Waals surface area contributed by atoms with Gasteiger partial charge in [-0.05, 0) is 52.0 Å². The van der Waals surface area contributed by atoms with E-state index in [1.807, 2.05) is 0 Å². The second kappa shape index (κ2) is 15.1. The van der Waals surface area contributed by atoms with Crippen LogP contribution in [0.5, 0.6) is 0 Å². The van der Waals surface area contributed by atoms with Crippen LogP contribution in [0.1, 0.15) is 83.3 Å². The Morgan fingerprint density at radius 3 is 1.35 bits per heavy atom. The summed E-state index contributed by atoms with van der Waals surface area (Å²) in [6, 6.07) is 0.490. The zero-order chi connectivity index (χ0) is 40.2. The van der Waals surface area contributed by atoms with E-state index in [4.69, 9.17) is 27.8 Å². The molecule has 13 nitrogen and oxygen atoms in total. The number of fused-ring (bicyclic) bond motifs is 6. The standard InChI is InChI=1S/C42H47NO12/c1-17(2)21-11-27-23(39(46)50-9)13-29(52-27)33(19(5)6)31-15-25(41(48)54-31)35(37(21)44)43-36-26-16-32(55-42(26)49)34(20(7)8)30-14-24(40(47)51-10)28(53-30)12-22(18(3)4)38(36)45/h13-16,21-22,31-38,43-45H,1,3,5,7,11-12H2,2,4,6,8-10H3/t21-,22-,31-,32-,33+,34+,35+,36+,37-,38-/m1/s1. The average Bonchev–Trinajstić information content (AvgIpc) is 3.90. The Hall–Kier alpha value is -5.24. The van der Waals surface area contributed by atoms with Crippen LogP contribution in [0.3, 0.4) is 0 Å². The Kier molecular flexibility index (Phi) is 10.8. The largest absolute Gasteiger partial charge is 0.465 e. The number of carbonyl (C=O) groups excluding carboxylic acids is 4. The molecule has 4 aliphatic rings. The molecule has 0 fully saturated rings. The Morgan fingerprint density at radius 2 is 1.04 bits per heavy atom. The van der Waals surface area contributed by atoms with Crippen molar-refractivity contribution >= 4 is 23.9 Å². The molecule has 2 aromatic rings. The van der Waals surface area contributed by atoms with Gasteiger partial charge in [-0.3, -0.25) is 5.32 Å². The molecule has 8 bridgehead atoms. The molecule has 0 saturated heterocycles. The number of hydrogen-bond acceptors (Lipinski definition) is 13. The normalized spacial score (nSPS) is 30.0. The van der Waals surface area contributed by atoms with Gasteiger partial charge in [0.2, 0.25) is 0 Å².